The van der Waals surface area contributed by atoms with Crippen LogP contribution in [0, 0.1) is 13.8 Å². The molecule has 208 valence electrons. The van der Waals surface area contributed by atoms with Gasteiger partial charge in [-0.1, -0.05) is 59.5 Å². The van der Waals surface area contributed by atoms with Gasteiger partial charge in [-0.2, -0.15) is 12.7 Å². The Labute approximate surface area is 235 Å². The lowest BCUT2D eigenvalue weighted by molar-refractivity contribution is -0.139. The molecule has 0 unspecified atom stereocenters. The molecule has 0 radical (unpaired) electrons. The summed E-state index contributed by atoms with van der Waals surface area (Å²) >= 11 is 3.47. The fourth-order valence-corrected chi connectivity index (χ4v) is 6.23. The minimum atomic E-state index is -4.00. The number of benzene rings is 2. The molecule has 1 saturated carbocycles. The summed E-state index contributed by atoms with van der Waals surface area (Å²) in [5.41, 5.74) is 2.88. The van der Waals surface area contributed by atoms with E-state index in [1.54, 1.807) is 13.0 Å². The highest BCUT2D eigenvalue weighted by atomic mass is 79.9. The maximum atomic E-state index is 13.9. The minimum Gasteiger partial charge on any atom is -0.352 e. The number of hydrogen-bond acceptors (Lipinski definition) is 4. The fraction of sp³-hybridized carbons (Fsp3) is 0.500. The summed E-state index contributed by atoms with van der Waals surface area (Å²) in [6.07, 6.45) is 5.18. The highest BCUT2D eigenvalue weighted by Gasteiger charge is 2.34. The highest BCUT2D eigenvalue weighted by Crippen LogP contribution is 2.26. The summed E-state index contributed by atoms with van der Waals surface area (Å²) in [5, 5.41) is 3.12. The number of nitrogens with one attached hydrogen (secondary N) is 1. The number of rotatable bonds is 10. The number of amides is 2. The first-order valence-electron chi connectivity index (χ1n) is 13.0. The predicted octanol–water partition coefficient (Wildman–Crippen LogP) is 4.54. The maximum absolute atomic E-state index is 13.9. The fourth-order valence-electron chi connectivity index (χ4n) is 4.67. The van der Waals surface area contributed by atoms with Crippen LogP contribution in [0.4, 0.5) is 5.69 Å². The summed E-state index contributed by atoms with van der Waals surface area (Å²) in [6, 6.07) is 12.4. The van der Waals surface area contributed by atoms with E-state index in [1.165, 1.54) is 25.4 Å². The second-order valence-corrected chi connectivity index (χ2v) is 13.2. The van der Waals surface area contributed by atoms with Crippen LogP contribution in [0.3, 0.4) is 0 Å². The van der Waals surface area contributed by atoms with Crippen molar-refractivity contribution in [1.82, 2.24) is 14.5 Å². The van der Waals surface area contributed by atoms with E-state index >= 15 is 0 Å². The third kappa shape index (κ3) is 7.57. The van der Waals surface area contributed by atoms with Crippen LogP contribution in [0.25, 0.3) is 0 Å². The molecule has 10 heteroatoms. The van der Waals surface area contributed by atoms with E-state index in [-0.39, 0.29) is 18.5 Å². The monoisotopic (exact) mass is 606 g/mol. The Hall–Kier alpha value is -2.43. The summed E-state index contributed by atoms with van der Waals surface area (Å²) in [5.74, 6) is -0.684. The molecule has 2 aromatic carbocycles. The molecule has 0 spiro atoms. The van der Waals surface area contributed by atoms with Gasteiger partial charge in [0.05, 0.1) is 5.69 Å². The van der Waals surface area contributed by atoms with Gasteiger partial charge in [0, 0.05) is 31.2 Å². The van der Waals surface area contributed by atoms with Gasteiger partial charge in [-0.15, -0.1) is 0 Å². The molecule has 1 aliphatic rings. The zero-order valence-corrected chi connectivity index (χ0v) is 25.3. The summed E-state index contributed by atoms with van der Waals surface area (Å²) in [4.78, 5) is 28.7. The van der Waals surface area contributed by atoms with Crippen LogP contribution in [-0.2, 0) is 26.3 Å². The average molecular weight is 608 g/mol. The summed E-state index contributed by atoms with van der Waals surface area (Å²) < 4.78 is 29.9. The van der Waals surface area contributed by atoms with E-state index in [1.807, 2.05) is 50.2 Å². The first kappa shape index (κ1) is 30.1. The predicted molar refractivity (Wildman–Crippen MR) is 155 cm³/mol. The standard InChI is InChI=1S/C28H39BrN4O4S/c1-20-14-15-21(2)26(16-20)33(38(36,37)31(4)5)19-27(34)32(18-23-10-9-11-24(29)17-23)22(3)28(35)30-25-12-7-6-8-13-25/h9-11,14-17,22,25H,6-8,12-13,18-19H2,1-5H3,(H,30,35)/t22-/m1/s1. The van der Waals surface area contributed by atoms with Gasteiger partial charge < -0.3 is 10.2 Å². The van der Waals surface area contributed by atoms with Crippen molar-refractivity contribution in [2.75, 3.05) is 24.9 Å². The SMILES string of the molecule is Cc1ccc(C)c(N(CC(=O)N(Cc2cccc(Br)c2)[C@H](C)C(=O)NC2CCCCC2)S(=O)(=O)N(C)C)c1. The van der Waals surface area contributed by atoms with Crippen molar-refractivity contribution in [3.63, 3.8) is 0 Å². The Bertz CT molecular complexity index is 1250. The van der Waals surface area contributed by atoms with Crippen LogP contribution >= 0.6 is 15.9 Å². The molecule has 0 aromatic heterocycles. The van der Waals surface area contributed by atoms with Gasteiger partial charge in [0.25, 0.3) is 0 Å². The first-order chi connectivity index (χ1) is 17.9. The van der Waals surface area contributed by atoms with Crippen molar-refractivity contribution in [2.24, 2.45) is 0 Å². The smallest absolute Gasteiger partial charge is 0.304 e. The zero-order chi connectivity index (χ0) is 28.0. The Morgan fingerprint density at radius 1 is 1.05 bits per heavy atom. The van der Waals surface area contributed by atoms with E-state index in [2.05, 4.69) is 21.2 Å². The van der Waals surface area contributed by atoms with Crippen LogP contribution < -0.4 is 9.62 Å². The van der Waals surface area contributed by atoms with Crippen LogP contribution in [0.15, 0.2) is 46.9 Å². The Morgan fingerprint density at radius 3 is 2.37 bits per heavy atom. The largest absolute Gasteiger partial charge is 0.352 e. The molecule has 0 bridgehead atoms. The van der Waals surface area contributed by atoms with E-state index in [9.17, 15) is 18.0 Å². The maximum Gasteiger partial charge on any atom is 0.304 e. The number of carbonyl (C=O) groups excluding carboxylic acids is 2. The summed E-state index contributed by atoms with van der Waals surface area (Å²) in [7, 11) is -1.11. The Kier molecular flexibility index (Phi) is 10.4. The molecule has 8 nitrogen and oxygen atoms in total. The van der Waals surface area contributed by atoms with Gasteiger partial charge in [0.15, 0.2) is 0 Å². The molecule has 2 aromatic rings. The second-order valence-electron chi connectivity index (χ2n) is 10.3. The van der Waals surface area contributed by atoms with Crippen LogP contribution in [-0.4, -0.2) is 62.2 Å². The van der Waals surface area contributed by atoms with Gasteiger partial charge in [0.2, 0.25) is 11.8 Å². The molecule has 0 aliphatic heterocycles. The lowest BCUT2D eigenvalue weighted by Crippen LogP contribution is -2.53. The molecule has 0 heterocycles. The van der Waals surface area contributed by atoms with Crippen molar-refractivity contribution in [3.8, 4) is 0 Å². The molecule has 0 saturated heterocycles. The van der Waals surface area contributed by atoms with Crippen molar-refractivity contribution in [1.29, 1.82) is 0 Å². The molecule has 38 heavy (non-hydrogen) atoms. The van der Waals surface area contributed by atoms with Gasteiger partial charge in [-0.3, -0.25) is 9.59 Å². The number of aryl methyl sites for hydroxylation is 2. The van der Waals surface area contributed by atoms with Gasteiger partial charge in [-0.25, -0.2) is 4.31 Å². The van der Waals surface area contributed by atoms with E-state index < -0.39 is 28.7 Å². The van der Waals surface area contributed by atoms with E-state index in [0.717, 1.165) is 55.5 Å². The lowest BCUT2D eigenvalue weighted by Gasteiger charge is -2.34. The van der Waals surface area contributed by atoms with Crippen molar-refractivity contribution in [2.45, 2.75) is 71.5 Å². The normalized spacial score (nSPS) is 15.2. The van der Waals surface area contributed by atoms with Crippen molar-refractivity contribution in [3.05, 3.63) is 63.6 Å². The van der Waals surface area contributed by atoms with Crippen LogP contribution in [0.2, 0.25) is 0 Å². The molecular weight excluding hydrogens is 568 g/mol. The third-order valence-electron chi connectivity index (χ3n) is 7.01. The topological polar surface area (TPSA) is 90.0 Å². The quantitative estimate of drug-likeness (QED) is 0.430. The molecule has 3 rings (SSSR count). The number of anilines is 1. The zero-order valence-electron chi connectivity index (χ0n) is 22.9. The van der Waals surface area contributed by atoms with Crippen molar-refractivity contribution >= 4 is 43.6 Å². The lowest BCUT2D eigenvalue weighted by atomic mass is 9.95. The van der Waals surface area contributed by atoms with Crippen molar-refractivity contribution < 1.29 is 18.0 Å². The molecular formula is C28H39BrN4O4S. The van der Waals surface area contributed by atoms with Gasteiger partial charge >= 0.3 is 10.2 Å². The van der Waals surface area contributed by atoms with E-state index in [0.29, 0.717) is 5.69 Å². The number of hydrogen-bond donors (Lipinski definition) is 1. The minimum absolute atomic E-state index is 0.0992. The number of carbonyl (C=O) groups is 2. The van der Waals surface area contributed by atoms with Crippen LogP contribution in [0.1, 0.15) is 55.7 Å². The Morgan fingerprint density at radius 2 is 1.74 bits per heavy atom. The summed E-state index contributed by atoms with van der Waals surface area (Å²) in [6.45, 7) is 5.14. The molecule has 1 N–H and O–H groups in total. The Balaban J connectivity index is 1.95. The van der Waals surface area contributed by atoms with Gasteiger partial charge in [-0.05, 0) is 68.5 Å². The average Bonchev–Trinajstić information content (AvgIpc) is 2.87. The molecule has 1 aliphatic carbocycles. The number of halogens is 1. The second kappa shape index (κ2) is 13.1. The first-order valence-corrected chi connectivity index (χ1v) is 15.2. The van der Waals surface area contributed by atoms with Gasteiger partial charge in [0.1, 0.15) is 12.6 Å². The molecule has 1 atom stereocenters. The van der Waals surface area contributed by atoms with E-state index in [4.69, 9.17) is 0 Å². The van der Waals surface area contributed by atoms with Crippen LogP contribution in [0.5, 0.6) is 0 Å². The molecule has 2 amide bonds. The highest BCUT2D eigenvalue weighted by molar-refractivity contribution is 9.10. The number of nitrogens with zero attached hydrogens (tertiary/aromatic N) is 3. The molecule has 1 fully saturated rings. The third-order valence-corrected chi connectivity index (χ3v) is 9.31.